The number of nitrogens with zero attached hydrogens (tertiary/aromatic N) is 1. The van der Waals surface area contributed by atoms with Gasteiger partial charge in [0.1, 0.15) is 11.2 Å². The standard InChI is InChI=1S/C50H33NO/c1-2-11-34(12-3-1)43-31-32-44(46-17-7-6-16-45(43)46)37-23-27-39(28-24-37)51(40-29-30-48-47-18-8-9-20-49(47)52-50(48)33-40)38-25-21-36(22-26-38)42-19-10-14-35-13-4-5-15-41(35)42/h1-33H. The highest BCUT2D eigenvalue weighted by Gasteiger charge is 2.17. The van der Waals surface area contributed by atoms with Gasteiger partial charge in [-0.2, -0.15) is 0 Å². The Labute approximate surface area is 302 Å². The van der Waals surface area contributed by atoms with Crippen LogP contribution in [0.3, 0.4) is 0 Å². The Balaban J connectivity index is 1.08. The van der Waals surface area contributed by atoms with Crippen LogP contribution in [-0.4, -0.2) is 0 Å². The van der Waals surface area contributed by atoms with Crippen LogP contribution in [0.4, 0.5) is 17.1 Å². The van der Waals surface area contributed by atoms with Crippen molar-refractivity contribution >= 4 is 60.5 Å². The van der Waals surface area contributed by atoms with Crippen LogP contribution in [0.25, 0.3) is 76.9 Å². The molecule has 1 aromatic heterocycles. The second kappa shape index (κ2) is 12.5. The summed E-state index contributed by atoms with van der Waals surface area (Å²) in [5.41, 5.74) is 12.2. The van der Waals surface area contributed by atoms with Crippen LogP contribution in [0.2, 0.25) is 0 Å². The van der Waals surface area contributed by atoms with Gasteiger partial charge in [0.15, 0.2) is 0 Å². The van der Waals surface area contributed by atoms with Gasteiger partial charge in [0.2, 0.25) is 0 Å². The topological polar surface area (TPSA) is 16.4 Å². The van der Waals surface area contributed by atoms with Gasteiger partial charge in [-0.25, -0.2) is 0 Å². The van der Waals surface area contributed by atoms with Gasteiger partial charge in [0.25, 0.3) is 0 Å². The highest BCUT2D eigenvalue weighted by molar-refractivity contribution is 6.07. The van der Waals surface area contributed by atoms with E-state index >= 15 is 0 Å². The monoisotopic (exact) mass is 663 g/mol. The first-order valence-corrected chi connectivity index (χ1v) is 17.8. The molecule has 0 radical (unpaired) electrons. The van der Waals surface area contributed by atoms with Crippen LogP contribution in [0.15, 0.2) is 205 Å². The minimum Gasteiger partial charge on any atom is -0.456 e. The molecule has 0 N–H and O–H groups in total. The fourth-order valence-corrected chi connectivity index (χ4v) is 7.78. The van der Waals surface area contributed by atoms with Gasteiger partial charge in [0, 0.05) is 33.9 Å². The summed E-state index contributed by atoms with van der Waals surface area (Å²) in [5, 5.41) is 7.24. The zero-order chi connectivity index (χ0) is 34.4. The van der Waals surface area contributed by atoms with Gasteiger partial charge < -0.3 is 9.32 Å². The van der Waals surface area contributed by atoms with E-state index in [2.05, 4.69) is 193 Å². The molecule has 0 amide bonds. The van der Waals surface area contributed by atoms with Gasteiger partial charge in [-0.1, -0.05) is 152 Å². The molecule has 2 nitrogen and oxygen atoms in total. The number of hydrogen-bond donors (Lipinski definition) is 0. The third-order valence-corrected chi connectivity index (χ3v) is 10.3. The van der Waals surface area contributed by atoms with Crippen molar-refractivity contribution in [3.8, 4) is 33.4 Å². The summed E-state index contributed by atoms with van der Waals surface area (Å²) in [6.07, 6.45) is 0. The molecule has 0 saturated heterocycles. The molecule has 0 aliphatic carbocycles. The van der Waals surface area contributed by atoms with Crippen molar-refractivity contribution in [2.45, 2.75) is 0 Å². The number of anilines is 3. The van der Waals surface area contributed by atoms with Crippen molar-refractivity contribution in [2.75, 3.05) is 4.90 Å². The fourth-order valence-electron chi connectivity index (χ4n) is 7.78. The van der Waals surface area contributed by atoms with Gasteiger partial charge in [-0.05, 0) is 97.4 Å². The van der Waals surface area contributed by atoms with E-state index in [1.165, 1.54) is 54.9 Å². The first-order valence-electron chi connectivity index (χ1n) is 17.8. The zero-order valence-corrected chi connectivity index (χ0v) is 28.4. The first-order chi connectivity index (χ1) is 25.8. The summed E-state index contributed by atoms with van der Waals surface area (Å²) >= 11 is 0. The molecule has 0 fully saturated rings. The second-order valence-electron chi connectivity index (χ2n) is 13.3. The Kier molecular flexibility index (Phi) is 7.18. The maximum atomic E-state index is 6.37. The van der Waals surface area contributed by atoms with Crippen LogP contribution in [0.1, 0.15) is 0 Å². The molecule has 10 aromatic rings. The molecule has 52 heavy (non-hydrogen) atoms. The number of para-hydroxylation sites is 1. The number of fused-ring (bicyclic) bond motifs is 5. The maximum Gasteiger partial charge on any atom is 0.137 e. The van der Waals surface area contributed by atoms with E-state index in [1.807, 2.05) is 12.1 Å². The Morgan fingerprint density at radius 3 is 1.44 bits per heavy atom. The molecule has 0 spiro atoms. The van der Waals surface area contributed by atoms with Gasteiger partial charge in [-0.3, -0.25) is 0 Å². The van der Waals surface area contributed by atoms with Crippen molar-refractivity contribution in [3.63, 3.8) is 0 Å². The van der Waals surface area contributed by atoms with Gasteiger partial charge in [0.05, 0.1) is 0 Å². The Morgan fingerprint density at radius 2 is 0.769 bits per heavy atom. The van der Waals surface area contributed by atoms with Crippen molar-refractivity contribution in [1.82, 2.24) is 0 Å². The van der Waals surface area contributed by atoms with E-state index < -0.39 is 0 Å². The van der Waals surface area contributed by atoms with Gasteiger partial charge >= 0.3 is 0 Å². The molecule has 0 bridgehead atoms. The minimum atomic E-state index is 0.873. The molecular formula is C50H33NO. The van der Waals surface area contributed by atoms with Crippen molar-refractivity contribution in [3.05, 3.63) is 200 Å². The Hall–Kier alpha value is -6.90. The maximum absolute atomic E-state index is 6.37. The van der Waals surface area contributed by atoms with Crippen molar-refractivity contribution < 1.29 is 4.42 Å². The summed E-state index contributed by atoms with van der Waals surface area (Å²) in [4.78, 5) is 2.32. The number of furan rings is 1. The van der Waals surface area contributed by atoms with Crippen molar-refractivity contribution in [1.29, 1.82) is 0 Å². The van der Waals surface area contributed by atoms with Crippen LogP contribution < -0.4 is 4.90 Å². The molecule has 0 aliphatic rings. The Morgan fingerprint density at radius 1 is 0.288 bits per heavy atom. The molecule has 0 saturated carbocycles. The minimum absolute atomic E-state index is 0.873. The summed E-state index contributed by atoms with van der Waals surface area (Å²) in [6.45, 7) is 0. The third-order valence-electron chi connectivity index (χ3n) is 10.3. The summed E-state index contributed by atoms with van der Waals surface area (Å²) in [6, 6.07) is 71.7. The van der Waals surface area contributed by atoms with Crippen LogP contribution >= 0.6 is 0 Å². The van der Waals surface area contributed by atoms with E-state index in [0.717, 1.165) is 39.0 Å². The number of rotatable bonds is 6. The average molecular weight is 664 g/mol. The molecule has 9 aromatic carbocycles. The molecule has 1 heterocycles. The van der Waals surface area contributed by atoms with E-state index in [0.29, 0.717) is 0 Å². The van der Waals surface area contributed by atoms with E-state index in [1.54, 1.807) is 0 Å². The van der Waals surface area contributed by atoms with Gasteiger partial charge in [-0.15, -0.1) is 0 Å². The number of hydrogen-bond acceptors (Lipinski definition) is 2. The predicted molar refractivity (Wildman–Crippen MR) is 220 cm³/mol. The SMILES string of the molecule is c1ccc(-c2ccc(-c3ccc(N(c4ccc(-c5cccc6ccccc56)cc4)c4ccc5c(c4)oc4ccccc45)cc3)c3ccccc23)cc1. The number of benzene rings is 9. The normalized spacial score (nSPS) is 11.5. The lowest BCUT2D eigenvalue weighted by atomic mass is 9.92. The molecular weight excluding hydrogens is 631 g/mol. The lowest BCUT2D eigenvalue weighted by Gasteiger charge is -2.26. The molecule has 0 aliphatic heterocycles. The summed E-state index contributed by atoms with van der Waals surface area (Å²) < 4.78 is 6.37. The lowest BCUT2D eigenvalue weighted by molar-refractivity contribution is 0.669. The Bertz CT molecular complexity index is 2880. The predicted octanol–water partition coefficient (Wildman–Crippen LogP) is 14.4. The van der Waals surface area contributed by atoms with E-state index in [9.17, 15) is 0 Å². The average Bonchev–Trinajstić information content (AvgIpc) is 3.59. The highest BCUT2D eigenvalue weighted by Crippen LogP contribution is 2.41. The zero-order valence-electron chi connectivity index (χ0n) is 28.4. The van der Waals surface area contributed by atoms with Crippen molar-refractivity contribution in [2.24, 2.45) is 0 Å². The quantitative estimate of drug-likeness (QED) is 0.176. The van der Waals surface area contributed by atoms with Crippen LogP contribution in [0, 0.1) is 0 Å². The molecule has 244 valence electrons. The van der Waals surface area contributed by atoms with E-state index in [-0.39, 0.29) is 0 Å². The summed E-state index contributed by atoms with van der Waals surface area (Å²) in [5.74, 6) is 0. The second-order valence-corrected chi connectivity index (χ2v) is 13.3. The van der Waals surface area contributed by atoms with E-state index in [4.69, 9.17) is 4.42 Å². The molecule has 2 heteroatoms. The molecule has 0 atom stereocenters. The lowest BCUT2D eigenvalue weighted by Crippen LogP contribution is -2.09. The van der Waals surface area contributed by atoms with Crippen LogP contribution in [-0.2, 0) is 0 Å². The third kappa shape index (κ3) is 5.12. The van der Waals surface area contributed by atoms with Crippen LogP contribution in [0.5, 0.6) is 0 Å². The first kappa shape index (κ1) is 30.0. The smallest absolute Gasteiger partial charge is 0.137 e. The largest absolute Gasteiger partial charge is 0.456 e. The highest BCUT2D eigenvalue weighted by atomic mass is 16.3. The molecule has 0 unspecified atom stereocenters. The molecule has 10 rings (SSSR count). The fraction of sp³-hybridized carbons (Fsp3) is 0. The summed E-state index contributed by atoms with van der Waals surface area (Å²) in [7, 11) is 0.